The maximum atomic E-state index is 11.2. The first-order valence-electron chi connectivity index (χ1n) is 6.54. The minimum Gasteiger partial charge on any atom is -0.354 e. The predicted molar refractivity (Wildman–Crippen MR) is 73.2 cm³/mol. The van der Waals surface area contributed by atoms with E-state index < -0.39 is 0 Å². The van der Waals surface area contributed by atoms with Crippen LogP contribution in [0, 0.1) is 0 Å². The molecule has 2 heterocycles. The monoisotopic (exact) mass is 247 g/mol. The molecule has 0 aromatic carbocycles. The van der Waals surface area contributed by atoms with E-state index in [2.05, 4.69) is 28.8 Å². The van der Waals surface area contributed by atoms with E-state index >= 15 is 0 Å². The second kappa shape index (κ2) is 5.48. The van der Waals surface area contributed by atoms with Crippen LogP contribution in [0.5, 0.6) is 0 Å². The number of hydrogen-bond acceptors (Lipinski definition) is 4. The number of carbonyl (C=O) groups excluding carboxylic acids is 1. The summed E-state index contributed by atoms with van der Waals surface area (Å²) < 4.78 is 0. The first-order valence-corrected chi connectivity index (χ1v) is 6.54. The summed E-state index contributed by atoms with van der Waals surface area (Å²) in [4.78, 5) is 20.3. The molecule has 0 amide bonds. The molecule has 1 aliphatic rings. The normalized spacial score (nSPS) is 21.1. The van der Waals surface area contributed by atoms with Crippen LogP contribution in [-0.4, -0.2) is 48.4 Å². The fourth-order valence-electron chi connectivity index (χ4n) is 2.38. The van der Waals surface area contributed by atoms with Gasteiger partial charge < -0.3 is 4.90 Å². The van der Waals surface area contributed by atoms with Crippen LogP contribution in [0.1, 0.15) is 30.6 Å². The van der Waals surface area contributed by atoms with Gasteiger partial charge in [-0.3, -0.25) is 9.69 Å². The molecule has 4 heteroatoms. The Morgan fingerprint density at radius 3 is 2.78 bits per heavy atom. The smallest absolute Gasteiger partial charge is 0.161 e. The van der Waals surface area contributed by atoms with Crippen LogP contribution in [0.2, 0.25) is 0 Å². The molecule has 1 aliphatic heterocycles. The Kier molecular flexibility index (Phi) is 3.97. The summed E-state index contributed by atoms with van der Waals surface area (Å²) in [6.07, 6.45) is 2.83. The number of likely N-dealkylation sites (N-methyl/N-ethyl adjacent to an activating group) is 1. The van der Waals surface area contributed by atoms with Crippen molar-refractivity contribution in [2.75, 3.05) is 31.6 Å². The second-order valence-corrected chi connectivity index (χ2v) is 4.95. The molecule has 1 saturated heterocycles. The maximum absolute atomic E-state index is 11.2. The van der Waals surface area contributed by atoms with Crippen LogP contribution >= 0.6 is 0 Å². The fraction of sp³-hybridized carbons (Fsp3) is 0.571. The number of pyridine rings is 1. The van der Waals surface area contributed by atoms with E-state index in [1.807, 2.05) is 12.1 Å². The van der Waals surface area contributed by atoms with Crippen molar-refractivity contribution in [3.8, 4) is 0 Å². The summed E-state index contributed by atoms with van der Waals surface area (Å²) >= 11 is 0. The number of carbonyl (C=O) groups is 1. The van der Waals surface area contributed by atoms with Gasteiger partial charge in [0.05, 0.1) is 0 Å². The van der Waals surface area contributed by atoms with Crippen molar-refractivity contribution >= 4 is 11.6 Å². The number of nitrogens with zero attached hydrogens (tertiary/aromatic N) is 3. The molecule has 0 aliphatic carbocycles. The van der Waals surface area contributed by atoms with Crippen molar-refractivity contribution < 1.29 is 4.79 Å². The zero-order chi connectivity index (χ0) is 13.1. The van der Waals surface area contributed by atoms with Gasteiger partial charge in [0.25, 0.3) is 0 Å². The van der Waals surface area contributed by atoms with Gasteiger partial charge in [0, 0.05) is 37.4 Å². The molecule has 0 bridgehead atoms. The lowest BCUT2D eigenvalue weighted by molar-refractivity contribution is 0.101. The van der Waals surface area contributed by atoms with Crippen molar-refractivity contribution in [2.24, 2.45) is 0 Å². The average molecular weight is 247 g/mol. The molecule has 0 saturated carbocycles. The number of rotatable bonds is 3. The number of piperazine rings is 1. The number of anilines is 1. The molecule has 2 rings (SSSR count). The van der Waals surface area contributed by atoms with Gasteiger partial charge in [-0.25, -0.2) is 4.98 Å². The largest absolute Gasteiger partial charge is 0.354 e. The minimum atomic E-state index is 0.0684. The topological polar surface area (TPSA) is 36.4 Å². The number of Topliss-reactive ketones (excluding diaryl/α,β-unsaturated/α-hetero) is 1. The van der Waals surface area contributed by atoms with E-state index in [-0.39, 0.29) is 5.78 Å². The van der Waals surface area contributed by atoms with E-state index in [1.165, 1.54) is 0 Å². The third-order valence-electron chi connectivity index (χ3n) is 3.73. The van der Waals surface area contributed by atoms with Crippen LogP contribution in [0.3, 0.4) is 0 Å². The average Bonchev–Trinajstić information content (AvgIpc) is 2.39. The summed E-state index contributed by atoms with van der Waals surface area (Å²) in [5.74, 6) is 1.05. The van der Waals surface area contributed by atoms with Gasteiger partial charge in [-0.15, -0.1) is 0 Å². The van der Waals surface area contributed by atoms with Crippen LogP contribution in [0.15, 0.2) is 18.3 Å². The van der Waals surface area contributed by atoms with E-state index in [9.17, 15) is 4.79 Å². The number of ketones is 1. The molecule has 1 aromatic heterocycles. The lowest BCUT2D eigenvalue weighted by atomic mass is 10.1. The van der Waals surface area contributed by atoms with Crippen molar-refractivity contribution in [3.05, 3.63) is 23.9 Å². The van der Waals surface area contributed by atoms with Gasteiger partial charge >= 0.3 is 0 Å². The highest BCUT2D eigenvalue weighted by molar-refractivity contribution is 5.93. The molecular formula is C14H21N3O. The fourth-order valence-corrected chi connectivity index (χ4v) is 2.38. The van der Waals surface area contributed by atoms with E-state index in [0.29, 0.717) is 11.6 Å². The van der Waals surface area contributed by atoms with Crippen molar-refractivity contribution in [3.63, 3.8) is 0 Å². The second-order valence-electron chi connectivity index (χ2n) is 4.95. The standard InChI is InChI=1S/C14H21N3O/c1-4-13-10-17(8-7-16(13)3)14-6-5-12(9-15-14)11(2)18/h5-6,9,13H,4,7-8,10H2,1-3H3. The SMILES string of the molecule is CCC1CN(c2ccc(C(C)=O)cn2)CCN1C. The first kappa shape index (κ1) is 13.0. The van der Waals surface area contributed by atoms with E-state index in [4.69, 9.17) is 0 Å². The van der Waals surface area contributed by atoms with Crippen molar-refractivity contribution in [1.29, 1.82) is 0 Å². The Hall–Kier alpha value is -1.42. The summed E-state index contributed by atoms with van der Waals surface area (Å²) in [6, 6.07) is 4.41. The highest BCUT2D eigenvalue weighted by Gasteiger charge is 2.23. The highest BCUT2D eigenvalue weighted by Crippen LogP contribution is 2.18. The maximum Gasteiger partial charge on any atom is 0.161 e. The summed E-state index contributed by atoms with van der Waals surface area (Å²) in [7, 11) is 2.18. The summed E-state index contributed by atoms with van der Waals surface area (Å²) in [5.41, 5.74) is 0.680. The molecule has 0 spiro atoms. The molecule has 18 heavy (non-hydrogen) atoms. The Morgan fingerprint density at radius 1 is 1.44 bits per heavy atom. The van der Waals surface area contributed by atoms with E-state index in [1.54, 1.807) is 13.1 Å². The van der Waals surface area contributed by atoms with Crippen LogP contribution in [0.4, 0.5) is 5.82 Å². The Bertz CT molecular complexity index is 416. The Balaban J connectivity index is 2.09. The van der Waals surface area contributed by atoms with Gasteiger partial charge in [-0.2, -0.15) is 0 Å². The minimum absolute atomic E-state index is 0.0684. The lowest BCUT2D eigenvalue weighted by Gasteiger charge is -2.39. The Labute approximate surface area is 109 Å². The molecule has 1 fully saturated rings. The van der Waals surface area contributed by atoms with Crippen molar-refractivity contribution in [1.82, 2.24) is 9.88 Å². The van der Waals surface area contributed by atoms with E-state index in [0.717, 1.165) is 31.9 Å². The molecule has 1 unspecified atom stereocenters. The molecule has 4 nitrogen and oxygen atoms in total. The predicted octanol–water partition coefficient (Wildman–Crippen LogP) is 1.81. The third kappa shape index (κ3) is 2.70. The van der Waals surface area contributed by atoms with Gasteiger partial charge in [0.15, 0.2) is 5.78 Å². The molecule has 1 atom stereocenters. The van der Waals surface area contributed by atoms with Gasteiger partial charge in [-0.1, -0.05) is 6.92 Å². The lowest BCUT2D eigenvalue weighted by Crippen LogP contribution is -2.51. The zero-order valence-corrected chi connectivity index (χ0v) is 11.4. The van der Waals surface area contributed by atoms with Crippen LogP contribution in [-0.2, 0) is 0 Å². The zero-order valence-electron chi connectivity index (χ0n) is 11.4. The van der Waals surface area contributed by atoms with Crippen molar-refractivity contribution in [2.45, 2.75) is 26.3 Å². The van der Waals surface area contributed by atoms with Gasteiger partial charge in [-0.05, 0) is 32.5 Å². The molecule has 98 valence electrons. The third-order valence-corrected chi connectivity index (χ3v) is 3.73. The summed E-state index contributed by atoms with van der Waals surface area (Å²) in [6.45, 7) is 6.87. The molecular weight excluding hydrogens is 226 g/mol. The number of aromatic nitrogens is 1. The first-order chi connectivity index (χ1) is 8.61. The highest BCUT2D eigenvalue weighted by atomic mass is 16.1. The molecule has 0 N–H and O–H groups in total. The number of hydrogen-bond donors (Lipinski definition) is 0. The molecule has 0 radical (unpaired) electrons. The van der Waals surface area contributed by atoms with Gasteiger partial charge in [0.2, 0.25) is 0 Å². The molecule has 1 aromatic rings. The van der Waals surface area contributed by atoms with Gasteiger partial charge in [0.1, 0.15) is 5.82 Å². The summed E-state index contributed by atoms with van der Waals surface area (Å²) in [5, 5.41) is 0. The Morgan fingerprint density at radius 2 is 2.22 bits per heavy atom. The quantitative estimate of drug-likeness (QED) is 0.763. The van der Waals surface area contributed by atoms with Crippen LogP contribution < -0.4 is 4.90 Å². The van der Waals surface area contributed by atoms with Crippen LogP contribution in [0.25, 0.3) is 0 Å².